The van der Waals surface area contributed by atoms with Crippen LogP contribution in [0.1, 0.15) is 16.7 Å². The molecule has 1 rings (SSSR count). The molecule has 1 aromatic rings. The third kappa shape index (κ3) is 2.67. The number of nitrogens with zero attached hydrogens (tertiary/aromatic N) is 1. The molecule has 0 N–H and O–H groups in total. The summed E-state index contributed by atoms with van der Waals surface area (Å²) in [5, 5.41) is 0. The average molecular weight is 191 g/mol. The summed E-state index contributed by atoms with van der Waals surface area (Å²) in [5.74, 6) is 0. The van der Waals surface area contributed by atoms with E-state index in [0.29, 0.717) is 0 Å². The van der Waals surface area contributed by atoms with Crippen molar-refractivity contribution in [3.8, 4) is 0 Å². The van der Waals surface area contributed by atoms with E-state index >= 15 is 0 Å². The lowest BCUT2D eigenvalue weighted by Crippen LogP contribution is -1.71. The summed E-state index contributed by atoms with van der Waals surface area (Å²) in [7, 11) is 0. The van der Waals surface area contributed by atoms with Gasteiger partial charge in [-0.15, -0.1) is 11.3 Å². The fourth-order valence-electron chi connectivity index (χ4n) is 0.972. The summed E-state index contributed by atoms with van der Waals surface area (Å²) in [6.45, 7) is 7.62. The van der Waals surface area contributed by atoms with Gasteiger partial charge in [0.2, 0.25) is 0 Å². The highest BCUT2D eigenvalue weighted by molar-refractivity contribution is 7.13. The molecule has 0 radical (unpaired) electrons. The van der Waals surface area contributed by atoms with Gasteiger partial charge in [-0.05, 0) is 38.8 Å². The molecule has 0 aliphatic rings. The quantitative estimate of drug-likeness (QED) is 0.510. The fourth-order valence-corrected chi connectivity index (χ4v) is 1.83. The Morgan fingerprint density at radius 3 is 2.77 bits per heavy atom. The van der Waals surface area contributed by atoms with Gasteiger partial charge in [0, 0.05) is 4.88 Å². The largest absolute Gasteiger partial charge is 0.263 e. The zero-order chi connectivity index (χ0) is 9.68. The van der Waals surface area contributed by atoms with Crippen LogP contribution in [0.25, 0.3) is 5.70 Å². The molecule has 2 heteroatoms. The van der Waals surface area contributed by atoms with Crippen LogP contribution in [0.5, 0.6) is 0 Å². The molecule has 0 saturated carbocycles. The van der Waals surface area contributed by atoms with Crippen LogP contribution in [0, 0.1) is 6.92 Å². The van der Waals surface area contributed by atoms with Crippen molar-refractivity contribution in [1.82, 2.24) is 0 Å². The Balaban J connectivity index is 2.96. The first kappa shape index (κ1) is 9.93. The Kier molecular flexibility index (Phi) is 3.65. The maximum atomic E-state index is 3.98. The molecule has 0 unspecified atom stereocenters. The molecule has 1 heterocycles. The first-order valence-corrected chi connectivity index (χ1v) is 4.96. The van der Waals surface area contributed by atoms with Crippen LogP contribution in [0.4, 0.5) is 0 Å². The Morgan fingerprint density at radius 1 is 1.54 bits per heavy atom. The normalized spacial score (nSPS) is 12.3. The highest BCUT2D eigenvalue weighted by Crippen LogP contribution is 2.24. The highest BCUT2D eigenvalue weighted by Gasteiger charge is 1.99. The molecule has 0 aliphatic carbocycles. The van der Waals surface area contributed by atoms with E-state index in [1.54, 1.807) is 11.3 Å². The Labute approximate surface area is 83.1 Å². The van der Waals surface area contributed by atoms with Crippen molar-refractivity contribution in [1.29, 1.82) is 0 Å². The minimum absolute atomic E-state index is 0.941. The molecule has 0 bridgehead atoms. The van der Waals surface area contributed by atoms with Gasteiger partial charge in [0.15, 0.2) is 0 Å². The van der Waals surface area contributed by atoms with Crippen LogP contribution in [0.3, 0.4) is 0 Å². The second-order valence-corrected chi connectivity index (χ2v) is 3.93. The van der Waals surface area contributed by atoms with E-state index < -0.39 is 0 Å². The van der Waals surface area contributed by atoms with Crippen molar-refractivity contribution >= 4 is 23.8 Å². The maximum absolute atomic E-state index is 3.98. The summed E-state index contributed by atoms with van der Waals surface area (Å²) < 4.78 is 0. The van der Waals surface area contributed by atoms with E-state index in [9.17, 15) is 0 Å². The predicted molar refractivity (Wildman–Crippen MR) is 61.4 cm³/mol. The van der Waals surface area contributed by atoms with Crippen LogP contribution in [-0.2, 0) is 0 Å². The van der Waals surface area contributed by atoms with Gasteiger partial charge in [0.1, 0.15) is 0 Å². The fraction of sp³-hybridized carbons (Fsp3) is 0.182. The standard InChI is InChI=1S/C11H13NS/c1-4-5-6-10(12-3)11-8-7-9(2)13-11/h4-8H,3H2,1-2H3/b5-4-,10-6-. The first-order valence-electron chi connectivity index (χ1n) is 4.14. The zero-order valence-corrected chi connectivity index (χ0v) is 8.77. The van der Waals surface area contributed by atoms with Gasteiger partial charge >= 0.3 is 0 Å². The minimum atomic E-state index is 0.941. The number of hydrogen-bond donors (Lipinski definition) is 0. The summed E-state index contributed by atoms with van der Waals surface area (Å²) in [6, 6.07) is 4.17. The molecule has 0 aromatic carbocycles. The highest BCUT2D eigenvalue weighted by atomic mass is 32.1. The maximum Gasteiger partial charge on any atom is 0.0794 e. The molecule has 1 aromatic heterocycles. The molecule has 0 fully saturated rings. The third-order valence-electron chi connectivity index (χ3n) is 1.61. The third-order valence-corrected chi connectivity index (χ3v) is 2.63. The number of aliphatic imine (C=N–C) groups is 1. The lowest BCUT2D eigenvalue weighted by atomic mass is 10.3. The summed E-state index contributed by atoms with van der Waals surface area (Å²) in [4.78, 5) is 6.45. The summed E-state index contributed by atoms with van der Waals surface area (Å²) in [5.41, 5.74) is 0.941. The molecule has 1 nitrogen and oxygen atoms in total. The SMILES string of the molecule is C=N/C(=C\C=C/C)c1ccc(C)s1. The molecule has 0 aliphatic heterocycles. The van der Waals surface area contributed by atoms with E-state index in [1.807, 2.05) is 25.2 Å². The van der Waals surface area contributed by atoms with Crippen molar-refractivity contribution in [3.05, 3.63) is 40.1 Å². The number of hydrogen-bond acceptors (Lipinski definition) is 2. The smallest absolute Gasteiger partial charge is 0.0794 e. The molecular weight excluding hydrogens is 178 g/mol. The minimum Gasteiger partial charge on any atom is -0.263 e. The zero-order valence-electron chi connectivity index (χ0n) is 7.95. The average Bonchev–Trinajstić information content (AvgIpc) is 2.54. The van der Waals surface area contributed by atoms with Gasteiger partial charge in [-0.3, -0.25) is 4.99 Å². The van der Waals surface area contributed by atoms with Crippen LogP contribution in [0.2, 0.25) is 0 Å². The molecule has 0 saturated heterocycles. The van der Waals surface area contributed by atoms with Gasteiger partial charge in [0.25, 0.3) is 0 Å². The molecule has 0 atom stereocenters. The Hall–Kier alpha value is -1.15. The number of aryl methyl sites for hydroxylation is 1. The second-order valence-electron chi connectivity index (χ2n) is 2.65. The van der Waals surface area contributed by atoms with Crippen molar-refractivity contribution in [2.45, 2.75) is 13.8 Å². The summed E-state index contributed by atoms with van der Waals surface area (Å²) in [6.07, 6.45) is 5.92. The monoisotopic (exact) mass is 191 g/mol. The van der Waals surface area contributed by atoms with Gasteiger partial charge in [0.05, 0.1) is 10.6 Å². The van der Waals surface area contributed by atoms with Crippen molar-refractivity contribution in [2.24, 2.45) is 4.99 Å². The molecule has 0 amide bonds. The number of thiophene rings is 1. The van der Waals surface area contributed by atoms with Crippen molar-refractivity contribution < 1.29 is 0 Å². The lowest BCUT2D eigenvalue weighted by Gasteiger charge is -1.93. The van der Waals surface area contributed by atoms with E-state index in [-0.39, 0.29) is 0 Å². The summed E-state index contributed by atoms with van der Waals surface area (Å²) >= 11 is 1.73. The predicted octanol–water partition coefficient (Wildman–Crippen LogP) is 3.67. The van der Waals surface area contributed by atoms with Gasteiger partial charge in [-0.25, -0.2) is 0 Å². The number of rotatable bonds is 3. The Bertz CT molecular complexity index is 345. The van der Waals surface area contributed by atoms with E-state index in [0.717, 1.165) is 5.70 Å². The van der Waals surface area contributed by atoms with Crippen LogP contribution in [0.15, 0.2) is 35.4 Å². The first-order chi connectivity index (χ1) is 6.27. The molecule has 68 valence electrons. The van der Waals surface area contributed by atoms with E-state index in [2.05, 4.69) is 30.8 Å². The van der Waals surface area contributed by atoms with Gasteiger partial charge in [-0.1, -0.05) is 12.2 Å². The molecule has 13 heavy (non-hydrogen) atoms. The topological polar surface area (TPSA) is 12.4 Å². The van der Waals surface area contributed by atoms with Crippen LogP contribution < -0.4 is 0 Å². The lowest BCUT2D eigenvalue weighted by molar-refractivity contribution is 1.60. The van der Waals surface area contributed by atoms with Crippen molar-refractivity contribution in [2.75, 3.05) is 0 Å². The van der Waals surface area contributed by atoms with E-state index in [4.69, 9.17) is 0 Å². The van der Waals surface area contributed by atoms with Gasteiger partial charge < -0.3 is 0 Å². The molecular formula is C11H13NS. The second kappa shape index (κ2) is 4.77. The van der Waals surface area contributed by atoms with Crippen LogP contribution >= 0.6 is 11.3 Å². The number of allylic oxidation sites excluding steroid dienone is 3. The van der Waals surface area contributed by atoms with Crippen LogP contribution in [-0.4, -0.2) is 6.72 Å². The molecule has 0 spiro atoms. The van der Waals surface area contributed by atoms with Gasteiger partial charge in [-0.2, -0.15) is 0 Å². The van der Waals surface area contributed by atoms with E-state index in [1.165, 1.54) is 9.75 Å². The Morgan fingerprint density at radius 2 is 2.31 bits per heavy atom. The van der Waals surface area contributed by atoms with Crippen molar-refractivity contribution in [3.63, 3.8) is 0 Å².